The molecule has 2 aromatic rings. The highest BCUT2D eigenvalue weighted by atomic mass is 32.2. The van der Waals surface area contributed by atoms with Crippen molar-refractivity contribution < 1.29 is 19.5 Å². The topological polar surface area (TPSA) is 112 Å². The first-order valence-electron chi connectivity index (χ1n) is 13.4. The third-order valence-electron chi connectivity index (χ3n) is 8.50. The van der Waals surface area contributed by atoms with E-state index in [1.54, 1.807) is 50.3 Å². The molecule has 1 aromatic carbocycles. The zero-order valence-electron chi connectivity index (χ0n) is 22.5. The molecule has 3 fully saturated rings. The second-order valence-electron chi connectivity index (χ2n) is 10.9. The van der Waals surface area contributed by atoms with Crippen LogP contribution in [0.1, 0.15) is 26.2 Å². The SMILES string of the molecule is C=CCN(C)C(=O)[C@@H]1[C@H]2C(=O)N(CCCO)C(C(=O)N(CC=C)Cn3nnc4ccccc43)C23CC[C@@]1(C)S3. The van der Waals surface area contributed by atoms with Crippen LogP contribution in [0.4, 0.5) is 0 Å². The number of likely N-dealkylation sites (N-methyl/N-ethyl adjacent to an activating group) is 1. The second-order valence-corrected chi connectivity index (χ2v) is 12.8. The molecule has 11 heteroatoms. The van der Waals surface area contributed by atoms with Crippen LogP contribution in [0.15, 0.2) is 49.6 Å². The quantitative estimate of drug-likeness (QED) is 0.424. The fourth-order valence-corrected chi connectivity index (χ4v) is 9.16. The number of aliphatic hydroxyl groups is 1. The molecule has 5 rings (SSSR count). The molecule has 39 heavy (non-hydrogen) atoms. The van der Waals surface area contributed by atoms with E-state index in [0.717, 1.165) is 17.5 Å². The lowest BCUT2D eigenvalue weighted by atomic mass is 9.66. The number of benzene rings is 1. The minimum absolute atomic E-state index is 0.0861. The summed E-state index contributed by atoms with van der Waals surface area (Å²) in [6.45, 7) is 10.6. The van der Waals surface area contributed by atoms with Gasteiger partial charge >= 0.3 is 0 Å². The molecule has 1 spiro atoms. The molecule has 3 aliphatic heterocycles. The summed E-state index contributed by atoms with van der Waals surface area (Å²) in [6, 6.07) is 6.79. The van der Waals surface area contributed by atoms with Gasteiger partial charge in [0.05, 0.1) is 22.1 Å². The van der Waals surface area contributed by atoms with E-state index in [1.807, 2.05) is 24.3 Å². The second kappa shape index (κ2) is 10.4. The van der Waals surface area contributed by atoms with Gasteiger partial charge in [-0.2, -0.15) is 0 Å². The molecule has 5 atom stereocenters. The van der Waals surface area contributed by atoms with E-state index in [-0.39, 0.29) is 44.1 Å². The van der Waals surface area contributed by atoms with Crippen molar-refractivity contribution in [3.63, 3.8) is 0 Å². The number of nitrogens with zero attached hydrogens (tertiary/aromatic N) is 6. The zero-order chi connectivity index (χ0) is 27.9. The molecular formula is C28H36N6O4S. The monoisotopic (exact) mass is 552 g/mol. The number of hydrogen-bond donors (Lipinski definition) is 1. The van der Waals surface area contributed by atoms with E-state index in [9.17, 15) is 19.5 Å². The summed E-state index contributed by atoms with van der Waals surface area (Å²) in [5.74, 6) is -1.60. The smallest absolute Gasteiger partial charge is 0.248 e. The van der Waals surface area contributed by atoms with Crippen LogP contribution in [0.2, 0.25) is 0 Å². The van der Waals surface area contributed by atoms with E-state index in [4.69, 9.17) is 0 Å². The lowest BCUT2D eigenvalue weighted by Crippen LogP contribution is -2.55. The molecule has 0 aliphatic carbocycles. The molecule has 3 saturated heterocycles. The Bertz CT molecular complexity index is 1310. The molecule has 1 N–H and O–H groups in total. The summed E-state index contributed by atoms with van der Waals surface area (Å²) in [6.07, 6.45) is 5.10. The van der Waals surface area contributed by atoms with Gasteiger partial charge in [0, 0.05) is 38.0 Å². The summed E-state index contributed by atoms with van der Waals surface area (Å²) in [5, 5.41) is 18.1. The van der Waals surface area contributed by atoms with Crippen molar-refractivity contribution in [2.45, 2.75) is 48.4 Å². The maximum absolute atomic E-state index is 14.5. The average molecular weight is 553 g/mol. The standard InChI is InChI=1S/C28H36N6O4S/c1-5-14-31(4)24(36)21-22-25(37)33(16-9-17-35)23(28(22)13-12-27(21,3)39-28)26(38)32(15-6-2)18-34-20-11-8-7-10-19(20)29-30-34/h5-8,10-11,21-23,35H,1-2,9,12-18H2,3-4H3/t21-,22-,23?,27+,28?/m0/s1. The number of fused-ring (bicyclic) bond motifs is 2. The molecule has 3 amide bonds. The number of rotatable bonds is 11. The van der Waals surface area contributed by atoms with Gasteiger partial charge in [-0.25, -0.2) is 4.68 Å². The largest absolute Gasteiger partial charge is 0.396 e. The van der Waals surface area contributed by atoms with Crippen LogP contribution in [0, 0.1) is 11.8 Å². The Morgan fingerprint density at radius 3 is 2.67 bits per heavy atom. The lowest BCUT2D eigenvalue weighted by Gasteiger charge is -2.37. The predicted octanol–water partition coefficient (Wildman–Crippen LogP) is 1.91. The van der Waals surface area contributed by atoms with Crippen LogP contribution in [0.3, 0.4) is 0 Å². The number of aliphatic hydroxyl groups excluding tert-OH is 1. The Labute approximate surface area is 232 Å². The van der Waals surface area contributed by atoms with Gasteiger partial charge in [-0.1, -0.05) is 29.5 Å². The highest BCUT2D eigenvalue weighted by Gasteiger charge is 2.77. The van der Waals surface area contributed by atoms with Gasteiger partial charge in [0.25, 0.3) is 0 Å². The molecule has 2 bridgehead atoms. The van der Waals surface area contributed by atoms with Crippen molar-refractivity contribution in [1.82, 2.24) is 29.7 Å². The number of carbonyl (C=O) groups excluding carboxylic acids is 3. The first kappa shape index (κ1) is 27.4. The predicted molar refractivity (Wildman–Crippen MR) is 149 cm³/mol. The van der Waals surface area contributed by atoms with E-state index in [0.29, 0.717) is 19.4 Å². The van der Waals surface area contributed by atoms with Crippen LogP contribution < -0.4 is 0 Å². The highest BCUT2D eigenvalue weighted by molar-refractivity contribution is 8.02. The highest BCUT2D eigenvalue weighted by Crippen LogP contribution is 2.71. The Morgan fingerprint density at radius 1 is 1.21 bits per heavy atom. The van der Waals surface area contributed by atoms with E-state index < -0.39 is 27.4 Å². The van der Waals surface area contributed by atoms with Crippen molar-refractivity contribution in [3.05, 3.63) is 49.6 Å². The summed E-state index contributed by atoms with van der Waals surface area (Å²) >= 11 is 1.64. The van der Waals surface area contributed by atoms with Gasteiger partial charge in [-0.15, -0.1) is 30.0 Å². The van der Waals surface area contributed by atoms with Crippen LogP contribution >= 0.6 is 11.8 Å². The first-order chi connectivity index (χ1) is 18.7. The zero-order valence-corrected chi connectivity index (χ0v) is 23.3. The van der Waals surface area contributed by atoms with Gasteiger partial charge in [-0.05, 0) is 38.3 Å². The summed E-state index contributed by atoms with van der Waals surface area (Å²) < 4.78 is 0.509. The molecule has 4 heterocycles. The summed E-state index contributed by atoms with van der Waals surface area (Å²) in [5.41, 5.74) is 1.53. The average Bonchev–Trinajstić information content (AvgIpc) is 3.62. The fraction of sp³-hybridized carbons (Fsp3) is 0.536. The molecule has 0 radical (unpaired) electrons. The minimum Gasteiger partial charge on any atom is -0.396 e. The molecule has 3 aliphatic rings. The molecule has 2 unspecified atom stereocenters. The van der Waals surface area contributed by atoms with E-state index in [2.05, 4.69) is 30.4 Å². The molecular weight excluding hydrogens is 516 g/mol. The van der Waals surface area contributed by atoms with Crippen molar-refractivity contribution in [2.24, 2.45) is 11.8 Å². The van der Waals surface area contributed by atoms with Crippen molar-refractivity contribution >= 4 is 40.5 Å². The summed E-state index contributed by atoms with van der Waals surface area (Å²) in [4.78, 5) is 47.2. The van der Waals surface area contributed by atoms with Gasteiger partial charge in [0.15, 0.2) is 0 Å². The third kappa shape index (κ3) is 4.26. The minimum atomic E-state index is -0.759. The van der Waals surface area contributed by atoms with Crippen molar-refractivity contribution in [3.8, 4) is 0 Å². The van der Waals surface area contributed by atoms with Gasteiger partial charge in [0.2, 0.25) is 17.7 Å². The number of carbonyl (C=O) groups is 3. The fourth-order valence-electron chi connectivity index (χ4n) is 6.81. The van der Waals surface area contributed by atoms with Gasteiger partial charge in [0.1, 0.15) is 18.2 Å². The van der Waals surface area contributed by atoms with Crippen LogP contribution in [0.25, 0.3) is 11.0 Å². The molecule has 0 saturated carbocycles. The van der Waals surface area contributed by atoms with Gasteiger partial charge < -0.3 is 19.8 Å². The Balaban J connectivity index is 1.53. The molecule has 1 aromatic heterocycles. The number of para-hydroxylation sites is 1. The van der Waals surface area contributed by atoms with Crippen molar-refractivity contribution in [2.75, 3.05) is 33.3 Å². The van der Waals surface area contributed by atoms with Gasteiger partial charge in [-0.3, -0.25) is 14.4 Å². The Hall–Kier alpha value is -3.18. The number of likely N-dealkylation sites (tertiary alicyclic amines) is 1. The summed E-state index contributed by atoms with van der Waals surface area (Å²) in [7, 11) is 1.73. The Morgan fingerprint density at radius 2 is 1.95 bits per heavy atom. The van der Waals surface area contributed by atoms with E-state index >= 15 is 0 Å². The van der Waals surface area contributed by atoms with Crippen LogP contribution in [-0.4, -0.2) is 101 Å². The lowest BCUT2D eigenvalue weighted by molar-refractivity contribution is -0.145. The maximum Gasteiger partial charge on any atom is 0.248 e. The number of aromatic nitrogens is 3. The maximum atomic E-state index is 14.5. The van der Waals surface area contributed by atoms with E-state index in [1.165, 1.54) is 0 Å². The van der Waals surface area contributed by atoms with Crippen LogP contribution in [0.5, 0.6) is 0 Å². The number of thioether (sulfide) groups is 1. The van der Waals surface area contributed by atoms with Crippen LogP contribution in [-0.2, 0) is 21.1 Å². The normalized spacial score (nSPS) is 29.1. The van der Waals surface area contributed by atoms with Crippen molar-refractivity contribution in [1.29, 1.82) is 0 Å². The number of amides is 3. The molecule has 208 valence electrons. The Kier molecular flexibility index (Phi) is 7.32. The molecule has 10 nitrogen and oxygen atoms in total. The first-order valence-corrected chi connectivity index (χ1v) is 14.2. The third-order valence-corrected chi connectivity index (χ3v) is 10.5. The number of hydrogen-bond acceptors (Lipinski definition) is 7.